The van der Waals surface area contributed by atoms with Crippen LogP contribution in [0.4, 0.5) is 0 Å². The molecule has 0 aliphatic carbocycles. The average molecular weight is 354 g/mol. The number of benzene rings is 1. The van der Waals surface area contributed by atoms with E-state index in [1.165, 1.54) is 5.56 Å². The van der Waals surface area contributed by atoms with E-state index in [9.17, 15) is 0 Å². The van der Waals surface area contributed by atoms with E-state index in [1.54, 1.807) is 0 Å². The number of guanidine groups is 1. The fraction of sp³-hybridized carbons (Fsp3) is 0.429. The summed E-state index contributed by atoms with van der Waals surface area (Å²) < 4.78 is 0. The number of likely N-dealkylation sites (N-methyl/N-ethyl adjacent to an activating group) is 1. The third kappa shape index (κ3) is 6.84. The van der Waals surface area contributed by atoms with E-state index in [0.29, 0.717) is 18.5 Å². The van der Waals surface area contributed by atoms with Gasteiger partial charge in [0.25, 0.3) is 0 Å². The van der Waals surface area contributed by atoms with Crippen molar-refractivity contribution in [3.63, 3.8) is 0 Å². The lowest BCUT2D eigenvalue weighted by Gasteiger charge is -2.28. The van der Waals surface area contributed by atoms with Crippen molar-refractivity contribution in [2.75, 3.05) is 26.2 Å². The third-order valence-corrected chi connectivity index (χ3v) is 4.53. The number of aliphatic imine (C=N–C) groups is 1. The number of hydrogen-bond acceptors (Lipinski definition) is 3. The van der Waals surface area contributed by atoms with Crippen molar-refractivity contribution in [1.29, 1.82) is 0 Å². The van der Waals surface area contributed by atoms with Crippen molar-refractivity contribution in [1.82, 2.24) is 15.2 Å². The van der Waals surface area contributed by atoms with Gasteiger partial charge in [-0.1, -0.05) is 50.2 Å². The summed E-state index contributed by atoms with van der Waals surface area (Å²) in [6.07, 6.45) is 3.62. The summed E-state index contributed by atoms with van der Waals surface area (Å²) in [5, 5.41) is 3.19. The van der Waals surface area contributed by atoms with Crippen LogP contribution in [0.2, 0.25) is 0 Å². The van der Waals surface area contributed by atoms with Crippen LogP contribution in [0.5, 0.6) is 0 Å². The molecule has 1 aromatic heterocycles. The zero-order valence-electron chi connectivity index (χ0n) is 15.9. The quantitative estimate of drug-likeness (QED) is 0.509. The third-order valence-electron chi connectivity index (χ3n) is 4.53. The molecule has 1 atom stereocenters. The molecule has 0 aliphatic heterocycles. The highest BCUT2D eigenvalue weighted by Gasteiger charge is 2.16. The van der Waals surface area contributed by atoms with Crippen molar-refractivity contribution < 1.29 is 0 Å². The molecule has 26 heavy (non-hydrogen) atoms. The molecule has 5 heteroatoms. The van der Waals surface area contributed by atoms with Crippen LogP contribution in [0.15, 0.2) is 59.7 Å². The van der Waals surface area contributed by atoms with Gasteiger partial charge in [0, 0.05) is 30.9 Å². The average Bonchev–Trinajstić information content (AvgIpc) is 2.68. The fourth-order valence-corrected chi connectivity index (χ4v) is 3.06. The smallest absolute Gasteiger partial charge is 0.188 e. The maximum absolute atomic E-state index is 6.06. The zero-order valence-corrected chi connectivity index (χ0v) is 15.9. The fourth-order valence-electron chi connectivity index (χ4n) is 3.06. The number of pyridine rings is 1. The van der Waals surface area contributed by atoms with E-state index in [4.69, 9.17) is 5.73 Å². The van der Waals surface area contributed by atoms with Crippen LogP contribution >= 0.6 is 0 Å². The van der Waals surface area contributed by atoms with Crippen LogP contribution in [0.1, 0.15) is 25.1 Å². The Morgan fingerprint density at radius 2 is 1.85 bits per heavy atom. The molecule has 1 heterocycles. The molecule has 0 radical (unpaired) electrons. The lowest BCUT2D eigenvalue weighted by atomic mass is 10.0. The Morgan fingerprint density at radius 3 is 2.50 bits per heavy atom. The Morgan fingerprint density at radius 1 is 1.12 bits per heavy atom. The van der Waals surface area contributed by atoms with Crippen LogP contribution < -0.4 is 11.1 Å². The second-order valence-electron chi connectivity index (χ2n) is 6.29. The highest BCUT2D eigenvalue weighted by molar-refractivity contribution is 5.77. The van der Waals surface area contributed by atoms with Gasteiger partial charge in [-0.2, -0.15) is 0 Å². The number of nitrogens with zero attached hydrogens (tertiary/aromatic N) is 3. The predicted molar refractivity (Wildman–Crippen MR) is 109 cm³/mol. The molecule has 0 fully saturated rings. The van der Waals surface area contributed by atoms with Gasteiger partial charge in [0.05, 0.1) is 6.54 Å². The van der Waals surface area contributed by atoms with E-state index in [1.807, 2.05) is 24.4 Å². The number of nitrogens with one attached hydrogen (secondary N) is 1. The topological polar surface area (TPSA) is 66.5 Å². The minimum atomic E-state index is 0.351. The maximum atomic E-state index is 6.06. The predicted octanol–water partition coefficient (Wildman–Crippen LogP) is 2.48. The van der Waals surface area contributed by atoms with E-state index < -0.39 is 0 Å². The van der Waals surface area contributed by atoms with Crippen molar-refractivity contribution in [3.8, 4) is 0 Å². The number of aromatic nitrogens is 1. The Labute approximate surface area is 157 Å². The SMILES string of the molecule is CCN(CC)C(CN=C(N)NCCc1ccccn1)Cc1ccccc1. The van der Waals surface area contributed by atoms with Gasteiger partial charge in [0.1, 0.15) is 0 Å². The first-order valence-electron chi connectivity index (χ1n) is 9.44. The van der Waals surface area contributed by atoms with Crippen LogP contribution in [0.3, 0.4) is 0 Å². The lowest BCUT2D eigenvalue weighted by molar-refractivity contribution is 0.220. The minimum Gasteiger partial charge on any atom is -0.370 e. The molecule has 140 valence electrons. The van der Waals surface area contributed by atoms with Gasteiger partial charge in [-0.05, 0) is 37.2 Å². The molecule has 1 unspecified atom stereocenters. The van der Waals surface area contributed by atoms with E-state index >= 15 is 0 Å². The Bertz CT molecular complexity index is 638. The summed E-state index contributed by atoms with van der Waals surface area (Å²) in [6.45, 7) is 7.84. The summed E-state index contributed by atoms with van der Waals surface area (Å²) in [5.74, 6) is 0.506. The Kier molecular flexibility index (Phi) is 8.63. The molecule has 3 N–H and O–H groups in total. The van der Waals surface area contributed by atoms with Crippen LogP contribution in [-0.2, 0) is 12.8 Å². The van der Waals surface area contributed by atoms with Gasteiger partial charge >= 0.3 is 0 Å². The van der Waals surface area contributed by atoms with Crippen LogP contribution in [-0.4, -0.2) is 48.1 Å². The monoisotopic (exact) mass is 353 g/mol. The largest absolute Gasteiger partial charge is 0.370 e. The van der Waals surface area contributed by atoms with Gasteiger partial charge in [-0.25, -0.2) is 0 Å². The Balaban J connectivity index is 1.88. The molecule has 0 saturated carbocycles. The van der Waals surface area contributed by atoms with Gasteiger partial charge in [0.15, 0.2) is 5.96 Å². The van der Waals surface area contributed by atoms with Crippen molar-refractivity contribution in [3.05, 3.63) is 66.0 Å². The van der Waals surface area contributed by atoms with Crippen molar-refractivity contribution in [2.24, 2.45) is 10.7 Å². The molecular weight excluding hydrogens is 322 g/mol. The van der Waals surface area contributed by atoms with Crippen molar-refractivity contribution in [2.45, 2.75) is 32.7 Å². The maximum Gasteiger partial charge on any atom is 0.188 e. The minimum absolute atomic E-state index is 0.351. The zero-order chi connectivity index (χ0) is 18.6. The molecule has 0 saturated heterocycles. The summed E-state index contributed by atoms with van der Waals surface area (Å²) in [4.78, 5) is 11.3. The molecule has 0 spiro atoms. The molecule has 0 bridgehead atoms. The second kappa shape index (κ2) is 11.3. The number of hydrogen-bond donors (Lipinski definition) is 2. The highest BCUT2D eigenvalue weighted by Crippen LogP contribution is 2.09. The normalized spacial score (nSPS) is 13.0. The molecule has 2 aromatic rings. The van der Waals surface area contributed by atoms with E-state index in [2.05, 4.69) is 64.4 Å². The molecule has 1 aromatic carbocycles. The highest BCUT2D eigenvalue weighted by atomic mass is 15.2. The Hall–Kier alpha value is -2.40. The first-order chi connectivity index (χ1) is 12.7. The standard InChI is InChI=1S/C21H31N5/c1-3-26(4-2)20(16-18-10-6-5-7-11-18)17-25-21(22)24-15-13-19-12-8-9-14-23-19/h5-12,14,20H,3-4,13,15-17H2,1-2H3,(H3,22,24,25). The summed E-state index contributed by atoms with van der Waals surface area (Å²) in [7, 11) is 0. The first kappa shape index (κ1) is 19.9. The summed E-state index contributed by atoms with van der Waals surface area (Å²) in [5.41, 5.74) is 8.45. The van der Waals surface area contributed by atoms with Crippen LogP contribution in [0.25, 0.3) is 0 Å². The molecule has 2 rings (SSSR count). The first-order valence-corrected chi connectivity index (χ1v) is 9.44. The van der Waals surface area contributed by atoms with E-state index in [0.717, 1.165) is 38.2 Å². The van der Waals surface area contributed by atoms with Gasteiger partial charge < -0.3 is 11.1 Å². The number of nitrogens with two attached hydrogens (primary N) is 1. The van der Waals surface area contributed by atoms with Gasteiger partial charge in [0.2, 0.25) is 0 Å². The summed E-state index contributed by atoms with van der Waals surface area (Å²) >= 11 is 0. The van der Waals surface area contributed by atoms with Gasteiger partial charge in [-0.15, -0.1) is 0 Å². The lowest BCUT2D eigenvalue weighted by Crippen LogP contribution is -2.40. The molecule has 0 amide bonds. The molecule has 0 aliphatic rings. The summed E-state index contributed by atoms with van der Waals surface area (Å²) in [6, 6.07) is 16.9. The van der Waals surface area contributed by atoms with Crippen LogP contribution in [0, 0.1) is 0 Å². The van der Waals surface area contributed by atoms with Gasteiger partial charge in [-0.3, -0.25) is 14.9 Å². The number of rotatable bonds is 10. The van der Waals surface area contributed by atoms with Crippen molar-refractivity contribution >= 4 is 5.96 Å². The second-order valence-corrected chi connectivity index (χ2v) is 6.29. The molecular formula is C21H31N5. The molecule has 5 nitrogen and oxygen atoms in total. The van der Waals surface area contributed by atoms with E-state index in [-0.39, 0.29) is 0 Å².